The summed E-state index contributed by atoms with van der Waals surface area (Å²) in [5.41, 5.74) is 0.632. The van der Waals surface area contributed by atoms with Crippen molar-refractivity contribution in [2.24, 2.45) is 10.9 Å². The number of fused-ring (bicyclic) bond motifs is 1. The maximum atomic E-state index is 12.9. The van der Waals surface area contributed by atoms with Crippen molar-refractivity contribution >= 4 is 22.5 Å². The van der Waals surface area contributed by atoms with Gasteiger partial charge in [0.15, 0.2) is 0 Å². The first-order valence-electron chi connectivity index (χ1n) is 10.1. The largest absolute Gasteiger partial charge is 0.496 e. The summed E-state index contributed by atoms with van der Waals surface area (Å²) in [6.45, 7) is 1.68. The number of amides is 1. The summed E-state index contributed by atoms with van der Waals surface area (Å²) in [4.78, 5) is 19.6. The van der Waals surface area contributed by atoms with Crippen molar-refractivity contribution in [2.45, 2.75) is 32.1 Å². The van der Waals surface area contributed by atoms with Crippen LogP contribution >= 0.6 is 0 Å². The second kappa shape index (κ2) is 8.46. The summed E-state index contributed by atoms with van der Waals surface area (Å²) in [7, 11) is 1.64. The van der Waals surface area contributed by atoms with Crippen LogP contribution in [0.25, 0.3) is 10.8 Å². The molecule has 0 atom stereocenters. The molecule has 2 aromatic carbocycles. The lowest BCUT2D eigenvalue weighted by atomic mass is 9.89. The number of rotatable bonds is 4. The highest BCUT2D eigenvalue weighted by atomic mass is 16.5. The van der Waals surface area contributed by atoms with Gasteiger partial charge in [-0.3, -0.25) is 4.79 Å². The molecule has 0 radical (unpaired) electrons. The number of carbonyl (C=O) groups excluding carboxylic acids is 1. The van der Waals surface area contributed by atoms with E-state index < -0.39 is 0 Å². The van der Waals surface area contributed by atoms with Crippen LogP contribution in [0.3, 0.4) is 0 Å². The van der Waals surface area contributed by atoms with Gasteiger partial charge in [0.05, 0.1) is 13.7 Å². The molecule has 0 spiro atoms. The molecule has 1 fully saturated rings. The summed E-state index contributed by atoms with van der Waals surface area (Å²) in [5, 5.41) is 4.82. The number of nitrogens with one attached hydrogen (secondary N) is 1. The molecule has 1 heterocycles. The molecular formula is C23H27N3O2. The van der Waals surface area contributed by atoms with Crippen molar-refractivity contribution in [1.29, 1.82) is 0 Å². The van der Waals surface area contributed by atoms with Crippen LogP contribution in [0.1, 0.15) is 42.5 Å². The third kappa shape index (κ3) is 4.03. The standard InChI is InChI=1S/C23H27N3O2/c1-28-21-12-11-20(18-9-5-6-10-19(18)21)23(27)25-22-16-26(14-13-24-22)15-17-7-3-2-4-8-17/h5-6,9-14,17H,2-4,7-8,15-16H2,1H3,(H,24,25,27). The van der Waals surface area contributed by atoms with Crippen LogP contribution in [0.4, 0.5) is 0 Å². The van der Waals surface area contributed by atoms with Crippen LogP contribution < -0.4 is 10.1 Å². The number of ether oxygens (including phenoxy) is 1. The van der Waals surface area contributed by atoms with Gasteiger partial charge in [0.25, 0.3) is 5.91 Å². The molecule has 0 unspecified atom stereocenters. The van der Waals surface area contributed by atoms with E-state index in [-0.39, 0.29) is 5.91 Å². The summed E-state index contributed by atoms with van der Waals surface area (Å²) >= 11 is 0. The van der Waals surface area contributed by atoms with Gasteiger partial charge in [-0.25, -0.2) is 4.99 Å². The van der Waals surface area contributed by atoms with Gasteiger partial charge in [-0.15, -0.1) is 0 Å². The highest BCUT2D eigenvalue weighted by Gasteiger charge is 2.20. The quantitative estimate of drug-likeness (QED) is 0.862. The Balaban J connectivity index is 1.46. The lowest BCUT2D eigenvalue weighted by molar-refractivity contribution is 0.0977. The molecule has 0 bridgehead atoms. The molecule has 0 saturated heterocycles. The van der Waals surface area contributed by atoms with Gasteiger partial charge in [-0.05, 0) is 36.3 Å². The molecule has 0 aromatic heterocycles. The molecular weight excluding hydrogens is 350 g/mol. The molecule has 1 aliphatic carbocycles. The molecule has 1 aliphatic heterocycles. The average molecular weight is 377 g/mol. The molecule has 146 valence electrons. The molecule has 5 heteroatoms. The zero-order valence-corrected chi connectivity index (χ0v) is 16.4. The van der Waals surface area contributed by atoms with Crippen molar-refractivity contribution in [3.63, 3.8) is 0 Å². The second-order valence-corrected chi connectivity index (χ2v) is 7.62. The predicted molar refractivity (Wildman–Crippen MR) is 113 cm³/mol. The summed E-state index contributed by atoms with van der Waals surface area (Å²) in [6.07, 6.45) is 10.5. The van der Waals surface area contributed by atoms with E-state index in [0.29, 0.717) is 17.9 Å². The summed E-state index contributed by atoms with van der Waals surface area (Å²) in [5.74, 6) is 2.08. The number of amidine groups is 1. The molecule has 2 aromatic rings. The van der Waals surface area contributed by atoms with Crippen LogP contribution in [-0.2, 0) is 0 Å². The highest BCUT2D eigenvalue weighted by molar-refractivity contribution is 6.14. The van der Waals surface area contributed by atoms with Crippen LogP contribution in [-0.4, -0.2) is 36.8 Å². The van der Waals surface area contributed by atoms with Gasteiger partial charge in [-0.2, -0.15) is 0 Å². The number of nitrogens with zero attached hydrogens (tertiary/aromatic N) is 2. The van der Waals surface area contributed by atoms with Crippen molar-refractivity contribution in [1.82, 2.24) is 10.2 Å². The Bertz CT molecular complexity index is 913. The van der Waals surface area contributed by atoms with E-state index in [4.69, 9.17) is 4.74 Å². The van der Waals surface area contributed by atoms with E-state index in [1.54, 1.807) is 13.3 Å². The molecule has 28 heavy (non-hydrogen) atoms. The topological polar surface area (TPSA) is 53.9 Å². The fourth-order valence-electron chi connectivity index (χ4n) is 4.25. The normalized spacial score (nSPS) is 17.5. The van der Waals surface area contributed by atoms with Gasteiger partial charge in [0, 0.05) is 29.9 Å². The number of methoxy groups -OCH3 is 1. The molecule has 1 amide bonds. The number of hydrogen-bond acceptors (Lipinski definition) is 4. The fourth-order valence-corrected chi connectivity index (χ4v) is 4.25. The number of aliphatic imine (C=N–C) groups is 1. The SMILES string of the molecule is COc1ccc(C(=O)NC2=NC=CN(CC3CCCCC3)C2)c2ccccc12. The minimum Gasteiger partial charge on any atom is -0.496 e. The Morgan fingerprint density at radius 1 is 1.14 bits per heavy atom. The molecule has 1 N–H and O–H groups in total. The first-order valence-corrected chi connectivity index (χ1v) is 10.1. The monoisotopic (exact) mass is 377 g/mol. The number of benzene rings is 2. The van der Waals surface area contributed by atoms with Gasteiger partial charge in [0.2, 0.25) is 0 Å². The van der Waals surface area contributed by atoms with Crippen LogP contribution in [0.5, 0.6) is 5.75 Å². The Morgan fingerprint density at radius 2 is 1.93 bits per heavy atom. The predicted octanol–water partition coefficient (Wildman–Crippen LogP) is 4.34. The fraction of sp³-hybridized carbons (Fsp3) is 0.391. The van der Waals surface area contributed by atoms with Crippen molar-refractivity contribution in [3.8, 4) is 5.75 Å². The van der Waals surface area contributed by atoms with E-state index in [0.717, 1.165) is 29.0 Å². The molecule has 5 nitrogen and oxygen atoms in total. The lowest BCUT2D eigenvalue weighted by Crippen LogP contribution is -2.41. The average Bonchev–Trinajstić information content (AvgIpc) is 2.74. The lowest BCUT2D eigenvalue weighted by Gasteiger charge is -2.30. The zero-order chi connectivity index (χ0) is 19.3. The van der Waals surface area contributed by atoms with Crippen LogP contribution in [0, 0.1) is 5.92 Å². The van der Waals surface area contributed by atoms with E-state index in [1.807, 2.05) is 42.6 Å². The Labute approximate surface area is 166 Å². The number of hydrogen-bond donors (Lipinski definition) is 1. The maximum absolute atomic E-state index is 12.9. The van der Waals surface area contributed by atoms with Crippen LogP contribution in [0.2, 0.25) is 0 Å². The van der Waals surface area contributed by atoms with Crippen molar-refractivity contribution in [3.05, 3.63) is 54.4 Å². The smallest absolute Gasteiger partial charge is 0.257 e. The van der Waals surface area contributed by atoms with Crippen molar-refractivity contribution < 1.29 is 9.53 Å². The third-order valence-corrected chi connectivity index (χ3v) is 5.68. The van der Waals surface area contributed by atoms with E-state index in [1.165, 1.54) is 32.1 Å². The second-order valence-electron chi connectivity index (χ2n) is 7.62. The van der Waals surface area contributed by atoms with Crippen LogP contribution in [0.15, 0.2) is 53.8 Å². The van der Waals surface area contributed by atoms with Gasteiger partial charge < -0.3 is 15.0 Å². The highest BCUT2D eigenvalue weighted by Crippen LogP contribution is 2.28. The van der Waals surface area contributed by atoms with Gasteiger partial charge >= 0.3 is 0 Å². The Hall–Kier alpha value is -2.82. The maximum Gasteiger partial charge on any atom is 0.257 e. The zero-order valence-electron chi connectivity index (χ0n) is 16.4. The van der Waals surface area contributed by atoms with Gasteiger partial charge in [-0.1, -0.05) is 43.5 Å². The van der Waals surface area contributed by atoms with E-state index in [9.17, 15) is 4.79 Å². The minimum atomic E-state index is -0.134. The Morgan fingerprint density at radius 3 is 2.71 bits per heavy atom. The molecule has 4 rings (SSSR count). The van der Waals surface area contributed by atoms with Gasteiger partial charge in [0.1, 0.15) is 11.6 Å². The minimum absolute atomic E-state index is 0.134. The summed E-state index contributed by atoms with van der Waals surface area (Å²) < 4.78 is 5.43. The third-order valence-electron chi connectivity index (χ3n) is 5.68. The summed E-state index contributed by atoms with van der Waals surface area (Å²) in [6, 6.07) is 11.5. The van der Waals surface area contributed by atoms with E-state index >= 15 is 0 Å². The first-order chi connectivity index (χ1) is 13.7. The van der Waals surface area contributed by atoms with Crippen molar-refractivity contribution in [2.75, 3.05) is 20.2 Å². The molecule has 1 saturated carbocycles. The molecule has 2 aliphatic rings. The Kier molecular flexibility index (Phi) is 5.60. The number of carbonyl (C=O) groups is 1. The first kappa shape index (κ1) is 18.5. The van der Waals surface area contributed by atoms with E-state index in [2.05, 4.69) is 15.2 Å².